The molecule has 0 fully saturated rings. The molecule has 0 aromatic heterocycles. The Morgan fingerprint density at radius 2 is 2.25 bits per heavy atom. The summed E-state index contributed by atoms with van der Waals surface area (Å²) in [7, 11) is 0. The summed E-state index contributed by atoms with van der Waals surface area (Å²) < 4.78 is 4.85. The van der Waals surface area contributed by atoms with Crippen molar-refractivity contribution in [2.24, 2.45) is 0 Å². The molecule has 0 aliphatic heterocycles. The van der Waals surface area contributed by atoms with Crippen molar-refractivity contribution in [2.75, 3.05) is 12.9 Å². The van der Waals surface area contributed by atoms with E-state index in [9.17, 15) is 14.9 Å². The fourth-order valence-corrected chi connectivity index (χ4v) is 1.78. The third kappa shape index (κ3) is 2.73. The Morgan fingerprint density at radius 1 is 1.56 bits per heavy atom. The molecule has 0 bridgehead atoms. The lowest BCUT2D eigenvalue weighted by molar-refractivity contribution is -0.385. The summed E-state index contributed by atoms with van der Waals surface area (Å²) in [5, 5.41) is 10.6. The molecule has 0 atom stereocenters. The summed E-state index contributed by atoms with van der Waals surface area (Å²) in [6.45, 7) is 1.99. The van der Waals surface area contributed by atoms with E-state index in [1.165, 1.54) is 30.0 Å². The molecule has 6 heteroatoms. The molecule has 0 saturated heterocycles. The highest BCUT2D eigenvalue weighted by molar-refractivity contribution is 7.98. The van der Waals surface area contributed by atoms with Crippen molar-refractivity contribution in [3.63, 3.8) is 0 Å². The number of thioether (sulfide) groups is 1. The van der Waals surface area contributed by atoms with Crippen LogP contribution >= 0.6 is 11.8 Å². The molecule has 86 valence electrons. The van der Waals surface area contributed by atoms with Gasteiger partial charge in [-0.3, -0.25) is 10.1 Å². The van der Waals surface area contributed by atoms with Crippen molar-refractivity contribution in [3.05, 3.63) is 33.9 Å². The molecule has 1 aromatic rings. The number of ether oxygens (including phenoxy) is 1. The molecule has 16 heavy (non-hydrogen) atoms. The summed E-state index contributed by atoms with van der Waals surface area (Å²) in [5.74, 6) is -0.457. The van der Waals surface area contributed by atoms with Gasteiger partial charge in [-0.2, -0.15) is 0 Å². The van der Waals surface area contributed by atoms with Crippen LogP contribution < -0.4 is 0 Å². The summed E-state index contributed by atoms with van der Waals surface area (Å²) in [5.41, 5.74) is 0.331. The molecule has 0 radical (unpaired) electrons. The van der Waals surface area contributed by atoms with Gasteiger partial charge in [-0.05, 0) is 19.2 Å². The van der Waals surface area contributed by atoms with Crippen molar-refractivity contribution in [3.8, 4) is 0 Å². The fourth-order valence-electron chi connectivity index (χ4n) is 1.17. The van der Waals surface area contributed by atoms with Gasteiger partial charge >= 0.3 is 5.97 Å². The molecule has 0 aliphatic carbocycles. The second kappa shape index (κ2) is 5.50. The van der Waals surface area contributed by atoms with Crippen LogP contribution in [-0.4, -0.2) is 23.8 Å². The Labute approximate surface area is 96.9 Å². The van der Waals surface area contributed by atoms with Gasteiger partial charge in [0.25, 0.3) is 5.69 Å². The first-order valence-corrected chi connectivity index (χ1v) is 5.82. The maximum atomic E-state index is 11.5. The molecule has 0 saturated carbocycles. The standard InChI is InChI=1S/C10H11NO4S/c1-3-15-10(12)8-5-4-7(11(13)14)6-9(8)16-2/h4-6H,3H2,1-2H3. The lowest BCUT2D eigenvalue weighted by atomic mass is 10.2. The number of esters is 1. The average molecular weight is 241 g/mol. The summed E-state index contributed by atoms with van der Waals surface area (Å²) in [6, 6.07) is 4.09. The number of hydrogen-bond acceptors (Lipinski definition) is 5. The van der Waals surface area contributed by atoms with Gasteiger partial charge in [-0.15, -0.1) is 11.8 Å². The van der Waals surface area contributed by atoms with E-state index < -0.39 is 10.9 Å². The topological polar surface area (TPSA) is 69.4 Å². The predicted octanol–water partition coefficient (Wildman–Crippen LogP) is 2.49. The van der Waals surface area contributed by atoms with E-state index in [-0.39, 0.29) is 12.3 Å². The molecular weight excluding hydrogens is 230 g/mol. The van der Waals surface area contributed by atoms with E-state index in [4.69, 9.17) is 4.74 Å². The maximum absolute atomic E-state index is 11.5. The normalized spacial score (nSPS) is 9.88. The van der Waals surface area contributed by atoms with Gasteiger partial charge in [0.15, 0.2) is 0 Å². The number of nitrogens with zero attached hydrogens (tertiary/aromatic N) is 1. The zero-order chi connectivity index (χ0) is 12.1. The monoisotopic (exact) mass is 241 g/mol. The zero-order valence-corrected chi connectivity index (χ0v) is 9.74. The van der Waals surface area contributed by atoms with E-state index in [0.29, 0.717) is 10.5 Å². The molecule has 0 N–H and O–H groups in total. The maximum Gasteiger partial charge on any atom is 0.339 e. The second-order valence-corrected chi connectivity index (χ2v) is 3.71. The zero-order valence-electron chi connectivity index (χ0n) is 8.93. The largest absolute Gasteiger partial charge is 0.462 e. The van der Waals surface area contributed by atoms with Crippen LogP contribution in [0.3, 0.4) is 0 Å². The van der Waals surface area contributed by atoms with Crippen molar-refractivity contribution in [1.29, 1.82) is 0 Å². The van der Waals surface area contributed by atoms with Crippen LogP contribution in [0.2, 0.25) is 0 Å². The third-order valence-electron chi connectivity index (χ3n) is 1.89. The molecule has 0 spiro atoms. The molecule has 1 aromatic carbocycles. The van der Waals surface area contributed by atoms with Crippen molar-refractivity contribution < 1.29 is 14.5 Å². The number of carbonyl (C=O) groups excluding carboxylic acids is 1. The van der Waals surface area contributed by atoms with Crippen LogP contribution in [0.4, 0.5) is 5.69 Å². The second-order valence-electron chi connectivity index (χ2n) is 2.86. The lowest BCUT2D eigenvalue weighted by Crippen LogP contribution is -2.06. The smallest absolute Gasteiger partial charge is 0.339 e. The van der Waals surface area contributed by atoms with Crippen LogP contribution in [0.25, 0.3) is 0 Å². The summed E-state index contributed by atoms with van der Waals surface area (Å²) in [4.78, 5) is 22.1. The van der Waals surface area contributed by atoms with Crippen molar-refractivity contribution >= 4 is 23.4 Å². The Bertz CT molecular complexity index is 419. The molecular formula is C10H11NO4S. The van der Waals surface area contributed by atoms with E-state index >= 15 is 0 Å². The minimum atomic E-state index is -0.491. The molecule has 0 amide bonds. The molecule has 1 rings (SSSR count). The SMILES string of the molecule is CCOC(=O)c1ccc([N+](=O)[O-])cc1SC. The van der Waals surface area contributed by atoms with E-state index in [1.54, 1.807) is 13.2 Å². The number of benzene rings is 1. The molecule has 5 nitrogen and oxygen atoms in total. The number of nitro groups is 1. The summed E-state index contributed by atoms with van der Waals surface area (Å²) >= 11 is 1.28. The van der Waals surface area contributed by atoms with Gasteiger partial charge in [0.05, 0.1) is 17.1 Å². The Morgan fingerprint density at radius 3 is 2.75 bits per heavy atom. The van der Waals surface area contributed by atoms with Gasteiger partial charge in [0, 0.05) is 17.0 Å². The molecule has 0 aliphatic rings. The van der Waals surface area contributed by atoms with E-state index in [2.05, 4.69) is 0 Å². The minimum absolute atomic E-state index is 0.0302. The van der Waals surface area contributed by atoms with E-state index in [0.717, 1.165) is 0 Å². The molecule has 0 unspecified atom stereocenters. The highest BCUT2D eigenvalue weighted by Crippen LogP contribution is 2.26. The van der Waals surface area contributed by atoms with Crippen molar-refractivity contribution in [1.82, 2.24) is 0 Å². The van der Waals surface area contributed by atoms with Gasteiger partial charge in [-0.1, -0.05) is 0 Å². The number of carbonyl (C=O) groups is 1. The number of rotatable bonds is 4. The van der Waals surface area contributed by atoms with Gasteiger partial charge in [0.1, 0.15) is 0 Å². The van der Waals surface area contributed by atoms with Crippen LogP contribution in [0, 0.1) is 10.1 Å². The fraction of sp³-hybridized carbons (Fsp3) is 0.300. The van der Waals surface area contributed by atoms with Crippen LogP contribution in [-0.2, 0) is 4.74 Å². The first-order chi connectivity index (χ1) is 7.60. The number of non-ortho nitro benzene ring substituents is 1. The Hall–Kier alpha value is -1.56. The highest BCUT2D eigenvalue weighted by atomic mass is 32.2. The number of hydrogen-bond donors (Lipinski definition) is 0. The predicted molar refractivity (Wildman–Crippen MR) is 60.8 cm³/mol. The van der Waals surface area contributed by atoms with Crippen molar-refractivity contribution in [2.45, 2.75) is 11.8 Å². The quantitative estimate of drug-likeness (QED) is 0.350. The van der Waals surface area contributed by atoms with Crippen LogP contribution in [0.1, 0.15) is 17.3 Å². The third-order valence-corrected chi connectivity index (χ3v) is 2.67. The lowest BCUT2D eigenvalue weighted by Gasteiger charge is -2.06. The molecule has 0 heterocycles. The van der Waals surface area contributed by atoms with Gasteiger partial charge in [0.2, 0.25) is 0 Å². The first-order valence-electron chi connectivity index (χ1n) is 4.59. The highest BCUT2D eigenvalue weighted by Gasteiger charge is 2.16. The first kappa shape index (κ1) is 12.5. The average Bonchev–Trinajstić information content (AvgIpc) is 2.28. The Balaban J connectivity index is 3.11. The van der Waals surface area contributed by atoms with Crippen LogP contribution in [0.5, 0.6) is 0 Å². The minimum Gasteiger partial charge on any atom is -0.462 e. The van der Waals surface area contributed by atoms with Crippen LogP contribution in [0.15, 0.2) is 23.1 Å². The van der Waals surface area contributed by atoms with E-state index in [1.807, 2.05) is 0 Å². The summed E-state index contributed by atoms with van der Waals surface area (Å²) in [6.07, 6.45) is 1.75. The Kier molecular flexibility index (Phi) is 4.30. The van der Waals surface area contributed by atoms with Gasteiger partial charge in [-0.25, -0.2) is 4.79 Å². The van der Waals surface area contributed by atoms with Gasteiger partial charge < -0.3 is 4.74 Å². The number of nitro benzene ring substituents is 1.